The van der Waals surface area contributed by atoms with E-state index in [1.54, 1.807) is 13.4 Å². The molecule has 0 aromatic heterocycles. The van der Waals surface area contributed by atoms with E-state index >= 15 is 0 Å². The molecule has 332 valence electrons. The summed E-state index contributed by atoms with van der Waals surface area (Å²) in [6.45, 7) is 12.8. The number of ether oxygens (including phenoxy) is 8. The number of methoxy groups -OCH3 is 1. The summed E-state index contributed by atoms with van der Waals surface area (Å²) in [5.41, 5.74) is 3.05. The number of carbonyl (C=O) groups excluding carboxylic acids is 1. The fraction of sp³-hybridized carbons (Fsp3) is 0.460. The predicted octanol–water partition coefficient (Wildman–Crippen LogP) is 8.46. The molecule has 0 N–H and O–H groups in total. The third-order valence-electron chi connectivity index (χ3n) is 12.1. The summed E-state index contributed by atoms with van der Waals surface area (Å²) < 4.78 is 59.5. The van der Waals surface area contributed by atoms with Gasteiger partial charge in [0.05, 0.1) is 7.11 Å². The number of benzene rings is 4. The Bertz CT molecular complexity index is 2000. The maximum atomic E-state index is 13.7. The molecule has 7 rings (SSSR count). The van der Waals surface area contributed by atoms with Gasteiger partial charge in [-0.2, -0.15) is 0 Å². The van der Waals surface area contributed by atoms with Gasteiger partial charge in [0.25, 0.3) is 0 Å². The van der Waals surface area contributed by atoms with Crippen LogP contribution in [0.1, 0.15) is 63.0 Å². The van der Waals surface area contributed by atoms with Gasteiger partial charge in [0.15, 0.2) is 6.29 Å². The van der Waals surface area contributed by atoms with E-state index in [9.17, 15) is 4.79 Å². The third-order valence-corrected chi connectivity index (χ3v) is 18.5. The van der Waals surface area contributed by atoms with Crippen LogP contribution in [-0.4, -0.2) is 97.1 Å². The van der Waals surface area contributed by atoms with E-state index in [4.69, 9.17) is 42.3 Å². The Balaban J connectivity index is 1.09. The normalized spacial score (nSPS) is 26.8. The monoisotopic (exact) mass is 930 g/mol. The van der Waals surface area contributed by atoms with Crippen molar-refractivity contribution in [2.24, 2.45) is 0 Å². The van der Waals surface area contributed by atoms with Crippen LogP contribution in [0.5, 0.6) is 5.75 Å². The van der Waals surface area contributed by atoms with Gasteiger partial charge in [0, 0.05) is 5.56 Å². The first-order valence-electron chi connectivity index (χ1n) is 21.7. The molecule has 4 aromatic rings. The molecule has 3 aliphatic rings. The summed E-state index contributed by atoms with van der Waals surface area (Å²) in [6.07, 6.45) is 1.48. The molecule has 0 aliphatic carbocycles. The Morgan fingerprint density at radius 1 is 0.758 bits per heavy atom. The fourth-order valence-corrected chi connectivity index (χ4v) is 10.6. The van der Waals surface area contributed by atoms with Crippen molar-refractivity contribution in [2.75, 3.05) is 20.3 Å². The van der Waals surface area contributed by atoms with Gasteiger partial charge < -0.3 is 4.74 Å². The number of hydrogen-bond acceptors (Lipinski definition) is 10. The number of fused-ring (bicyclic) bond motifs is 1. The molecule has 3 saturated heterocycles. The molecule has 0 bridgehead atoms. The van der Waals surface area contributed by atoms with Crippen molar-refractivity contribution in [3.63, 3.8) is 0 Å². The average Bonchev–Trinajstić information content (AvgIpc) is 3.27. The van der Waals surface area contributed by atoms with Gasteiger partial charge in [0.2, 0.25) is 0 Å². The molecule has 0 radical (unpaired) electrons. The predicted molar refractivity (Wildman–Crippen MR) is 242 cm³/mol. The molecule has 9 atom stereocenters. The minimum atomic E-state index is -2.24. The topological polar surface area (TPSA) is 100 Å². The van der Waals surface area contributed by atoms with Crippen molar-refractivity contribution in [2.45, 2.75) is 127 Å². The molecule has 10 nitrogen and oxygen atoms in total. The van der Waals surface area contributed by atoms with Crippen LogP contribution in [0.4, 0.5) is 0 Å². The summed E-state index contributed by atoms with van der Waals surface area (Å²) in [7, 11) is -0.590. The van der Waals surface area contributed by atoms with E-state index in [1.807, 2.05) is 121 Å². The van der Waals surface area contributed by atoms with Gasteiger partial charge in [-0.1, -0.05) is 32.9 Å². The summed E-state index contributed by atoms with van der Waals surface area (Å²) >= 11 is -0.373. The first-order chi connectivity index (χ1) is 29.9. The average molecular weight is 930 g/mol. The SMILES string of the molecule is COc1ccc([C@@H]2OC[C@H]3O[C@@H](/C=C/O[C@H]4C[C@@H](OCc5ccccc5)[C@H](COCc5ccccc5)O[C@@H]4CC(=O)[Se]c4ccccc4)[C@H](O[Si](C)(C)C(C)(C)C)C[C@@H]3O2)cc1. The second-order valence-electron chi connectivity index (χ2n) is 17.7. The zero-order valence-electron chi connectivity index (χ0n) is 36.8. The third kappa shape index (κ3) is 12.8. The standard InChI is InChI=1S/C50H62O10SeSi/c1-50(2,3)62(5,6)60-45-29-43-47(34-56-49(59-43)37-22-24-38(52-4)25-23-37)57-40(45)26-27-54-41-28-42(55-32-36-18-12-8-13-19-36)46(33-53-31-35-16-10-7-11-17-35)58-44(41)30-48(51)61-39-20-14-9-15-21-39/h7-27,40-47,49H,28-34H2,1-6H3/b27-26+/t40-,41-,42+,43-,44+,45+,46-,47+,49+/m0/s1. The minimum absolute atomic E-state index is 0.0205. The number of hydrogen-bond donors (Lipinski definition) is 0. The Hall–Kier alpha value is -3.65. The number of rotatable bonds is 18. The molecule has 3 heterocycles. The zero-order chi connectivity index (χ0) is 43.5. The molecular formula is C50H62O10SeSi. The molecule has 0 saturated carbocycles. The van der Waals surface area contributed by atoms with Crippen LogP contribution in [0, 0.1) is 0 Å². The molecule has 0 amide bonds. The second-order valence-corrected chi connectivity index (χ2v) is 24.8. The van der Waals surface area contributed by atoms with Crippen LogP contribution >= 0.6 is 0 Å². The first-order valence-corrected chi connectivity index (χ1v) is 26.3. The van der Waals surface area contributed by atoms with Crippen molar-refractivity contribution in [3.05, 3.63) is 144 Å². The second kappa shape index (κ2) is 21.8. The van der Waals surface area contributed by atoms with E-state index in [-0.39, 0.29) is 55.5 Å². The van der Waals surface area contributed by atoms with Crippen LogP contribution in [0.2, 0.25) is 18.1 Å². The summed E-state index contributed by atoms with van der Waals surface area (Å²) in [5.74, 6) is 0.775. The quantitative estimate of drug-likeness (QED) is 0.0714. The van der Waals surface area contributed by atoms with Crippen LogP contribution in [0.3, 0.4) is 0 Å². The summed E-state index contributed by atoms with van der Waals surface area (Å²) in [4.78, 5) is 13.7. The van der Waals surface area contributed by atoms with Crippen LogP contribution in [0.25, 0.3) is 0 Å². The fourth-order valence-electron chi connectivity index (χ4n) is 7.61. The van der Waals surface area contributed by atoms with Gasteiger partial charge in [-0.3, -0.25) is 0 Å². The van der Waals surface area contributed by atoms with Crippen molar-refractivity contribution >= 4 is 32.4 Å². The van der Waals surface area contributed by atoms with Crippen molar-refractivity contribution in [3.8, 4) is 5.75 Å². The Labute approximate surface area is 374 Å². The molecule has 3 aliphatic heterocycles. The Kier molecular flexibility index (Phi) is 16.3. The molecule has 0 unspecified atom stereocenters. The Morgan fingerprint density at radius 2 is 1.42 bits per heavy atom. The Morgan fingerprint density at radius 3 is 2.08 bits per heavy atom. The van der Waals surface area contributed by atoms with Crippen molar-refractivity contribution < 1.29 is 47.1 Å². The maximum absolute atomic E-state index is 13.7. The van der Waals surface area contributed by atoms with Crippen LogP contribution in [-0.2, 0) is 55.6 Å². The molecule has 3 fully saturated rings. The van der Waals surface area contributed by atoms with Crippen LogP contribution < -0.4 is 9.20 Å². The van der Waals surface area contributed by atoms with E-state index < -0.39 is 39.0 Å². The zero-order valence-corrected chi connectivity index (χ0v) is 39.5. The summed E-state index contributed by atoms with van der Waals surface area (Å²) in [6, 6.07) is 37.8. The minimum Gasteiger partial charge on any atom is -0.0503 e. The van der Waals surface area contributed by atoms with Gasteiger partial charge in [-0.25, -0.2) is 0 Å². The van der Waals surface area contributed by atoms with Crippen LogP contribution in [0.15, 0.2) is 128 Å². The molecule has 4 aromatic carbocycles. The van der Waals surface area contributed by atoms with E-state index in [0.717, 1.165) is 26.9 Å². The van der Waals surface area contributed by atoms with Crippen molar-refractivity contribution in [1.29, 1.82) is 0 Å². The first kappa shape index (κ1) is 46.3. The van der Waals surface area contributed by atoms with E-state index in [1.165, 1.54) is 0 Å². The summed E-state index contributed by atoms with van der Waals surface area (Å²) in [5, 5.41) is -0.0205. The van der Waals surface area contributed by atoms with Gasteiger partial charge in [-0.15, -0.1) is 0 Å². The van der Waals surface area contributed by atoms with Gasteiger partial charge in [-0.05, 0) is 12.1 Å². The smallest absolute Gasteiger partial charge is 0.0503 e. The molecule has 62 heavy (non-hydrogen) atoms. The molecule has 12 heteroatoms. The van der Waals surface area contributed by atoms with E-state index in [2.05, 4.69) is 33.9 Å². The van der Waals surface area contributed by atoms with Gasteiger partial charge >= 0.3 is 302 Å². The number of carbonyl (C=O) groups is 1. The molecular weight excluding hydrogens is 868 g/mol. The van der Waals surface area contributed by atoms with E-state index in [0.29, 0.717) is 39.3 Å². The molecule has 0 spiro atoms. The van der Waals surface area contributed by atoms with Gasteiger partial charge in [0.1, 0.15) is 5.75 Å². The van der Waals surface area contributed by atoms with Crippen molar-refractivity contribution in [1.82, 2.24) is 0 Å².